The number of ether oxygens (including phenoxy) is 1. The molecule has 1 aromatic rings. The monoisotopic (exact) mass is 400 g/mol. The molecule has 1 rings (SSSR count). The first kappa shape index (κ1) is 23.4. The molecule has 154 valence electrons. The maximum Gasteiger partial charge on any atom is 0.251 e. The highest BCUT2D eigenvalue weighted by molar-refractivity contribution is 7.89. The van der Waals surface area contributed by atoms with Gasteiger partial charge in [-0.25, -0.2) is 13.1 Å². The van der Waals surface area contributed by atoms with Crippen molar-refractivity contribution in [3.63, 3.8) is 0 Å². The molecular weight excluding hydrogens is 366 g/mol. The molecule has 8 heteroatoms. The second-order valence-corrected chi connectivity index (χ2v) is 8.55. The molecule has 0 fully saturated rings. The van der Waals surface area contributed by atoms with Crippen LogP contribution < -0.4 is 19.7 Å². The number of amides is 1. The predicted octanol–water partition coefficient (Wildman–Crippen LogP) is 0.438. The molecule has 1 atom stereocenters. The van der Waals surface area contributed by atoms with Crippen molar-refractivity contribution in [3.05, 3.63) is 29.8 Å². The van der Waals surface area contributed by atoms with Gasteiger partial charge in [0, 0.05) is 18.2 Å². The summed E-state index contributed by atoms with van der Waals surface area (Å²) in [6.45, 7) is 9.48. The average Bonchev–Trinajstić information content (AvgIpc) is 2.64. The van der Waals surface area contributed by atoms with Crippen molar-refractivity contribution in [1.82, 2.24) is 10.0 Å². The Morgan fingerprint density at radius 2 is 1.96 bits per heavy atom. The lowest BCUT2D eigenvalue weighted by molar-refractivity contribution is -0.896. The van der Waals surface area contributed by atoms with Gasteiger partial charge in [-0.2, -0.15) is 0 Å². The van der Waals surface area contributed by atoms with Gasteiger partial charge in [0.15, 0.2) is 0 Å². The number of carbonyl (C=O) groups is 1. The smallest absolute Gasteiger partial charge is 0.251 e. The van der Waals surface area contributed by atoms with Crippen LogP contribution >= 0.6 is 0 Å². The zero-order valence-corrected chi connectivity index (χ0v) is 17.7. The molecule has 3 N–H and O–H groups in total. The molecule has 0 aliphatic carbocycles. The van der Waals surface area contributed by atoms with Gasteiger partial charge in [0.05, 0.1) is 32.5 Å². The van der Waals surface area contributed by atoms with Crippen LogP contribution in [0, 0.1) is 0 Å². The van der Waals surface area contributed by atoms with Crippen molar-refractivity contribution in [2.45, 2.75) is 39.7 Å². The van der Waals surface area contributed by atoms with E-state index in [1.165, 1.54) is 12.0 Å². The Morgan fingerprint density at radius 3 is 2.59 bits per heavy atom. The van der Waals surface area contributed by atoms with E-state index in [2.05, 4.69) is 23.9 Å². The Bertz CT molecular complexity index is 675. The van der Waals surface area contributed by atoms with E-state index in [0.717, 1.165) is 32.5 Å². The molecule has 0 radical (unpaired) electrons. The fraction of sp³-hybridized carbons (Fsp3) is 0.632. The van der Waals surface area contributed by atoms with E-state index < -0.39 is 10.0 Å². The molecule has 0 saturated heterocycles. The molecule has 1 amide bonds. The number of rotatable bonds is 13. The van der Waals surface area contributed by atoms with E-state index in [-0.39, 0.29) is 24.2 Å². The summed E-state index contributed by atoms with van der Waals surface area (Å²) in [5.74, 6) is 0.116. The van der Waals surface area contributed by atoms with Gasteiger partial charge in [0.2, 0.25) is 10.0 Å². The third-order valence-corrected chi connectivity index (χ3v) is 6.04. The van der Waals surface area contributed by atoms with Crippen LogP contribution in [0.25, 0.3) is 0 Å². The van der Waals surface area contributed by atoms with Gasteiger partial charge < -0.3 is 15.0 Å². The first-order chi connectivity index (χ1) is 12.8. The van der Waals surface area contributed by atoms with E-state index in [4.69, 9.17) is 4.74 Å². The second kappa shape index (κ2) is 11.9. The Kier molecular flexibility index (Phi) is 10.4. The van der Waals surface area contributed by atoms with Crippen LogP contribution in [0.15, 0.2) is 24.3 Å². The number of benzene rings is 1. The zero-order chi connectivity index (χ0) is 20.3. The van der Waals surface area contributed by atoms with Crippen LogP contribution in [-0.4, -0.2) is 59.4 Å². The Morgan fingerprint density at radius 1 is 1.26 bits per heavy atom. The van der Waals surface area contributed by atoms with Gasteiger partial charge >= 0.3 is 0 Å². The Hall–Kier alpha value is -1.64. The largest absolute Gasteiger partial charge is 0.497 e. The minimum absolute atomic E-state index is 0.0572. The molecule has 0 aliphatic heterocycles. The van der Waals surface area contributed by atoms with Crippen LogP contribution in [-0.2, 0) is 10.0 Å². The van der Waals surface area contributed by atoms with Gasteiger partial charge in [-0.3, -0.25) is 4.79 Å². The maximum atomic E-state index is 12.2. The SMILES string of the molecule is CC[NH+](CC)CCC[C@H](C)NS(=O)(=O)CCNC(=O)c1cccc(OC)c1. The van der Waals surface area contributed by atoms with Crippen molar-refractivity contribution in [2.24, 2.45) is 0 Å². The van der Waals surface area contributed by atoms with Gasteiger partial charge in [0.1, 0.15) is 5.75 Å². The highest BCUT2D eigenvalue weighted by atomic mass is 32.2. The van der Waals surface area contributed by atoms with E-state index in [1.54, 1.807) is 24.3 Å². The molecular formula is C19H34N3O4S+. The number of quaternary nitrogens is 1. The standard InChI is InChI=1S/C19H33N3O4S/c1-5-22(6-2)13-8-9-16(3)21-27(24,25)14-12-20-19(23)17-10-7-11-18(15-17)26-4/h7,10-11,15-16,21H,5-6,8-9,12-14H2,1-4H3,(H,20,23)/p+1/t16-/m0/s1. The molecule has 0 heterocycles. The summed E-state index contributed by atoms with van der Waals surface area (Å²) in [6.07, 6.45) is 1.78. The average molecular weight is 401 g/mol. The normalized spacial score (nSPS) is 12.8. The summed E-state index contributed by atoms with van der Waals surface area (Å²) in [7, 11) is -1.90. The summed E-state index contributed by atoms with van der Waals surface area (Å²) < 4.78 is 32.1. The van der Waals surface area contributed by atoms with Crippen molar-refractivity contribution in [1.29, 1.82) is 0 Å². The Labute approximate surface area is 163 Å². The molecule has 0 spiro atoms. The minimum atomic E-state index is -3.43. The van der Waals surface area contributed by atoms with Crippen LogP contribution in [0.2, 0.25) is 0 Å². The Balaban J connectivity index is 2.36. The quantitative estimate of drug-likeness (QED) is 0.448. The lowest BCUT2D eigenvalue weighted by atomic mass is 10.2. The maximum absolute atomic E-state index is 12.2. The molecule has 0 bridgehead atoms. The summed E-state index contributed by atoms with van der Waals surface area (Å²) >= 11 is 0. The highest BCUT2D eigenvalue weighted by Crippen LogP contribution is 2.12. The molecule has 1 aromatic carbocycles. The molecule has 0 saturated carbocycles. The summed E-state index contributed by atoms with van der Waals surface area (Å²) in [6, 6.07) is 6.62. The lowest BCUT2D eigenvalue weighted by Crippen LogP contribution is -3.11. The topological polar surface area (TPSA) is 88.9 Å². The number of nitrogens with one attached hydrogen (secondary N) is 3. The first-order valence-corrected chi connectivity index (χ1v) is 11.2. The van der Waals surface area contributed by atoms with Gasteiger partial charge in [-0.05, 0) is 51.8 Å². The second-order valence-electron chi connectivity index (χ2n) is 6.67. The van der Waals surface area contributed by atoms with Gasteiger partial charge in [0.25, 0.3) is 5.91 Å². The fourth-order valence-corrected chi connectivity index (χ4v) is 4.07. The summed E-state index contributed by atoms with van der Waals surface area (Å²) in [4.78, 5) is 13.6. The summed E-state index contributed by atoms with van der Waals surface area (Å²) in [5.41, 5.74) is 0.437. The number of sulfonamides is 1. The molecule has 0 aromatic heterocycles. The molecule has 0 aliphatic rings. The van der Waals surface area contributed by atoms with Crippen molar-refractivity contribution in [3.8, 4) is 5.75 Å². The number of hydrogen-bond donors (Lipinski definition) is 3. The third-order valence-electron chi connectivity index (χ3n) is 4.54. The summed E-state index contributed by atoms with van der Waals surface area (Å²) in [5, 5.41) is 2.64. The van der Waals surface area contributed by atoms with Crippen LogP contribution in [0.4, 0.5) is 0 Å². The first-order valence-electron chi connectivity index (χ1n) is 9.57. The van der Waals surface area contributed by atoms with Gasteiger partial charge in [-0.1, -0.05) is 6.07 Å². The van der Waals surface area contributed by atoms with E-state index in [1.807, 2.05) is 6.92 Å². The number of hydrogen-bond acceptors (Lipinski definition) is 4. The van der Waals surface area contributed by atoms with Crippen molar-refractivity contribution < 1.29 is 22.8 Å². The van der Waals surface area contributed by atoms with Crippen LogP contribution in [0.3, 0.4) is 0 Å². The van der Waals surface area contributed by atoms with Crippen LogP contribution in [0.1, 0.15) is 44.0 Å². The fourth-order valence-electron chi connectivity index (χ4n) is 2.85. The van der Waals surface area contributed by atoms with Crippen LogP contribution in [0.5, 0.6) is 5.75 Å². The van der Waals surface area contributed by atoms with E-state index in [0.29, 0.717) is 11.3 Å². The lowest BCUT2D eigenvalue weighted by Gasteiger charge is -2.18. The van der Waals surface area contributed by atoms with E-state index >= 15 is 0 Å². The molecule has 0 unspecified atom stereocenters. The number of methoxy groups -OCH3 is 1. The molecule has 7 nitrogen and oxygen atoms in total. The third kappa shape index (κ3) is 9.21. The van der Waals surface area contributed by atoms with Crippen molar-refractivity contribution >= 4 is 15.9 Å². The molecule has 27 heavy (non-hydrogen) atoms. The zero-order valence-electron chi connectivity index (χ0n) is 16.9. The minimum Gasteiger partial charge on any atom is -0.497 e. The van der Waals surface area contributed by atoms with Crippen molar-refractivity contribution in [2.75, 3.05) is 39.0 Å². The number of carbonyl (C=O) groups excluding carboxylic acids is 1. The highest BCUT2D eigenvalue weighted by Gasteiger charge is 2.16. The van der Waals surface area contributed by atoms with Gasteiger partial charge in [-0.15, -0.1) is 0 Å². The van der Waals surface area contributed by atoms with E-state index in [9.17, 15) is 13.2 Å². The predicted molar refractivity (Wildman–Crippen MR) is 108 cm³/mol.